The molecule has 5 nitrogen and oxygen atoms in total. The Bertz CT molecular complexity index is 1070. The van der Waals surface area contributed by atoms with Crippen molar-refractivity contribution in [3.8, 4) is 11.5 Å². The van der Waals surface area contributed by atoms with E-state index in [0.29, 0.717) is 32.2 Å². The molecular formula is C20H16BrClN2O3S. The minimum Gasteiger partial charge on any atom is -0.495 e. The van der Waals surface area contributed by atoms with E-state index in [0.717, 1.165) is 10.8 Å². The van der Waals surface area contributed by atoms with Crippen LogP contribution in [-0.2, 0) is 0 Å². The standard InChI is InChI=1S/C20H16BrClN2O3S/c1-26-16-8-7-12(22)10-15(16)23-20(28)24-19(25)14-9-11-5-3-4-6-13(11)17(21)18(14)27-2/h3-10H,1-2H3,(H2,23,24,25,28). The third-order valence-corrected chi connectivity index (χ3v) is 5.25. The third-order valence-electron chi connectivity index (χ3n) is 4.03. The number of halogens is 2. The Labute approximate surface area is 181 Å². The van der Waals surface area contributed by atoms with Crippen LogP contribution >= 0.6 is 39.7 Å². The molecular weight excluding hydrogens is 464 g/mol. The van der Waals surface area contributed by atoms with Crippen molar-refractivity contribution < 1.29 is 14.3 Å². The Morgan fingerprint density at radius 3 is 2.57 bits per heavy atom. The van der Waals surface area contributed by atoms with E-state index < -0.39 is 5.91 Å². The highest BCUT2D eigenvalue weighted by Gasteiger charge is 2.19. The molecule has 28 heavy (non-hydrogen) atoms. The van der Waals surface area contributed by atoms with E-state index in [9.17, 15) is 4.79 Å². The molecule has 0 saturated heterocycles. The minimum atomic E-state index is -0.401. The van der Waals surface area contributed by atoms with Gasteiger partial charge in [-0.2, -0.15) is 0 Å². The number of amides is 1. The van der Waals surface area contributed by atoms with Crippen LogP contribution in [0, 0.1) is 0 Å². The summed E-state index contributed by atoms with van der Waals surface area (Å²) in [5.41, 5.74) is 0.905. The fourth-order valence-corrected chi connectivity index (χ4v) is 3.87. The first-order chi connectivity index (χ1) is 13.4. The molecule has 3 aromatic rings. The van der Waals surface area contributed by atoms with Crippen LogP contribution in [0.2, 0.25) is 5.02 Å². The van der Waals surface area contributed by atoms with Gasteiger partial charge < -0.3 is 14.8 Å². The molecule has 1 amide bonds. The fraction of sp³-hybridized carbons (Fsp3) is 0.100. The van der Waals surface area contributed by atoms with Crippen molar-refractivity contribution in [1.29, 1.82) is 0 Å². The molecule has 0 bridgehead atoms. The molecule has 0 unspecified atom stereocenters. The summed E-state index contributed by atoms with van der Waals surface area (Å²) in [4.78, 5) is 12.8. The number of hydrogen-bond acceptors (Lipinski definition) is 4. The largest absolute Gasteiger partial charge is 0.495 e. The first kappa shape index (κ1) is 20.4. The Kier molecular flexibility index (Phi) is 6.39. The highest BCUT2D eigenvalue weighted by Crippen LogP contribution is 2.36. The van der Waals surface area contributed by atoms with Gasteiger partial charge in [0, 0.05) is 5.02 Å². The molecule has 0 aliphatic carbocycles. The van der Waals surface area contributed by atoms with Crippen LogP contribution in [0.1, 0.15) is 10.4 Å². The van der Waals surface area contributed by atoms with Crippen molar-refractivity contribution in [1.82, 2.24) is 5.32 Å². The molecule has 0 spiro atoms. The highest BCUT2D eigenvalue weighted by molar-refractivity contribution is 9.10. The summed E-state index contributed by atoms with van der Waals surface area (Å²) in [7, 11) is 3.05. The van der Waals surface area contributed by atoms with Crippen LogP contribution in [0.15, 0.2) is 53.0 Å². The molecule has 0 saturated carbocycles. The summed E-state index contributed by atoms with van der Waals surface area (Å²) in [5.74, 6) is 0.577. The summed E-state index contributed by atoms with van der Waals surface area (Å²) in [6.45, 7) is 0. The van der Waals surface area contributed by atoms with Crippen LogP contribution in [0.5, 0.6) is 11.5 Å². The minimum absolute atomic E-state index is 0.108. The quantitative estimate of drug-likeness (QED) is 0.491. The third kappa shape index (κ3) is 4.22. The van der Waals surface area contributed by atoms with Crippen LogP contribution in [0.25, 0.3) is 10.8 Å². The van der Waals surface area contributed by atoms with Gasteiger partial charge in [-0.15, -0.1) is 0 Å². The number of carbonyl (C=O) groups excluding carboxylic acids is 1. The maximum Gasteiger partial charge on any atom is 0.261 e. The van der Waals surface area contributed by atoms with Gasteiger partial charge in [-0.1, -0.05) is 35.9 Å². The summed E-state index contributed by atoms with van der Waals surface area (Å²) in [6, 6.07) is 14.5. The van der Waals surface area contributed by atoms with Gasteiger partial charge in [0.2, 0.25) is 0 Å². The molecule has 0 heterocycles. The number of ether oxygens (including phenoxy) is 2. The van der Waals surface area contributed by atoms with Gasteiger partial charge in [0.1, 0.15) is 11.5 Å². The van der Waals surface area contributed by atoms with Crippen molar-refractivity contribution in [3.63, 3.8) is 0 Å². The summed E-state index contributed by atoms with van der Waals surface area (Å²) >= 11 is 14.8. The predicted octanol–water partition coefficient (Wildman–Crippen LogP) is 5.40. The zero-order valence-corrected chi connectivity index (χ0v) is 18.2. The normalized spacial score (nSPS) is 10.4. The van der Waals surface area contributed by atoms with E-state index in [1.165, 1.54) is 14.2 Å². The molecule has 0 radical (unpaired) electrons. The fourth-order valence-electron chi connectivity index (χ4n) is 2.75. The van der Waals surface area contributed by atoms with Gasteiger partial charge in [-0.05, 0) is 63.2 Å². The molecule has 3 aromatic carbocycles. The summed E-state index contributed by atoms with van der Waals surface area (Å²) in [6.07, 6.45) is 0. The van der Waals surface area contributed by atoms with E-state index in [-0.39, 0.29) is 5.11 Å². The van der Waals surface area contributed by atoms with Gasteiger partial charge in [-0.3, -0.25) is 10.1 Å². The second kappa shape index (κ2) is 8.77. The lowest BCUT2D eigenvalue weighted by atomic mass is 10.1. The van der Waals surface area contributed by atoms with Gasteiger partial charge in [-0.25, -0.2) is 0 Å². The molecule has 8 heteroatoms. The molecule has 0 aromatic heterocycles. The first-order valence-electron chi connectivity index (χ1n) is 8.15. The van der Waals surface area contributed by atoms with E-state index in [1.54, 1.807) is 24.3 Å². The molecule has 0 aliphatic heterocycles. The van der Waals surface area contributed by atoms with Crippen molar-refractivity contribution in [2.45, 2.75) is 0 Å². The van der Waals surface area contributed by atoms with E-state index in [1.807, 2.05) is 24.3 Å². The number of hydrogen-bond donors (Lipinski definition) is 2. The summed E-state index contributed by atoms with van der Waals surface area (Å²) in [5, 5.41) is 8.06. The van der Waals surface area contributed by atoms with Crippen LogP contribution in [-0.4, -0.2) is 25.2 Å². The molecule has 0 fully saturated rings. The molecule has 0 atom stereocenters. The number of carbonyl (C=O) groups is 1. The average molecular weight is 480 g/mol. The highest BCUT2D eigenvalue weighted by atomic mass is 79.9. The van der Waals surface area contributed by atoms with E-state index in [2.05, 4.69) is 26.6 Å². The number of nitrogens with one attached hydrogen (secondary N) is 2. The van der Waals surface area contributed by atoms with Crippen molar-refractivity contribution >= 4 is 67.2 Å². The van der Waals surface area contributed by atoms with Gasteiger partial charge in [0.15, 0.2) is 5.11 Å². The number of benzene rings is 3. The maximum absolute atomic E-state index is 12.8. The lowest BCUT2D eigenvalue weighted by Crippen LogP contribution is -2.34. The predicted molar refractivity (Wildman–Crippen MR) is 120 cm³/mol. The summed E-state index contributed by atoms with van der Waals surface area (Å²) < 4.78 is 11.4. The lowest BCUT2D eigenvalue weighted by Gasteiger charge is -2.15. The Morgan fingerprint density at radius 1 is 1.11 bits per heavy atom. The van der Waals surface area contributed by atoms with Crippen molar-refractivity contribution in [2.75, 3.05) is 19.5 Å². The maximum atomic E-state index is 12.8. The van der Waals surface area contributed by atoms with Crippen LogP contribution in [0.4, 0.5) is 5.69 Å². The Morgan fingerprint density at radius 2 is 1.86 bits per heavy atom. The van der Waals surface area contributed by atoms with E-state index >= 15 is 0 Å². The Hall–Kier alpha value is -2.35. The van der Waals surface area contributed by atoms with Gasteiger partial charge >= 0.3 is 0 Å². The number of methoxy groups -OCH3 is 2. The zero-order valence-electron chi connectivity index (χ0n) is 15.0. The van der Waals surface area contributed by atoms with Crippen molar-refractivity contribution in [2.24, 2.45) is 0 Å². The van der Waals surface area contributed by atoms with Gasteiger partial charge in [0.05, 0.1) is 29.9 Å². The molecule has 0 aliphatic rings. The monoisotopic (exact) mass is 478 g/mol. The zero-order chi connectivity index (χ0) is 20.3. The number of fused-ring (bicyclic) bond motifs is 1. The van der Waals surface area contributed by atoms with E-state index in [4.69, 9.17) is 33.3 Å². The first-order valence-corrected chi connectivity index (χ1v) is 9.73. The number of anilines is 1. The lowest BCUT2D eigenvalue weighted by molar-refractivity contribution is 0.0975. The number of thiocarbonyl (C=S) groups is 1. The molecule has 3 rings (SSSR count). The van der Waals surface area contributed by atoms with Gasteiger partial charge in [0.25, 0.3) is 5.91 Å². The van der Waals surface area contributed by atoms with Crippen LogP contribution in [0.3, 0.4) is 0 Å². The second-order valence-corrected chi connectivity index (χ2v) is 7.38. The Balaban J connectivity index is 1.87. The molecule has 2 N–H and O–H groups in total. The average Bonchev–Trinajstić information content (AvgIpc) is 2.68. The second-order valence-electron chi connectivity index (χ2n) is 5.75. The molecule has 144 valence electrons. The SMILES string of the molecule is COc1ccc(Cl)cc1NC(=S)NC(=O)c1cc2ccccc2c(Br)c1OC. The van der Waals surface area contributed by atoms with Crippen LogP contribution < -0.4 is 20.1 Å². The van der Waals surface area contributed by atoms with Crippen molar-refractivity contribution in [3.05, 3.63) is 63.6 Å². The smallest absolute Gasteiger partial charge is 0.261 e. The number of rotatable bonds is 4. The topological polar surface area (TPSA) is 59.6 Å².